The number of rotatable bonds is 10. The first-order chi connectivity index (χ1) is 14.3. The summed E-state index contributed by atoms with van der Waals surface area (Å²) in [6.07, 6.45) is 1.60. The molecule has 0 aliphatic carbocycles. The minimum Gasteiger partial charge on any atom is -0.495 e. The molecule has 162 valence electrons. The molecule has 0 spiro atoms. The van der Waals surface area contributed by atoms with E-state index in [-0.39, 0.29) is 24.5 Å². The molecule has 30 heavy (non-hydrogen) atoms. The van der Waals surface area contributed by atoms with Crippen molar-refractivity contribution in [2.45, 2.75) is 32.2 Å². The van der Waals surface area contributed by atoms with Crippen LogP contribution in [0.25, 0.3) is 0 Å². The number of methoxy groups -OCH3 is 1. The highest BCUT2D eigenvalue weighted by molar-refractivity contribution is 6.32. The van der Waals surface area contributed by atoms with E-state index in [1.54, 1.807) is 27.3 Å². The summed E-state index contributed by atoms with van der Waals surface area (Å²) in [6, 6.07) is 12.8. The van der Waals surface area contributed by atoms with Gasteiger partial charge in [0, 0.05) is 26.1 Å². The Morgan fingerprint density at radius 3 is 2.50 bits per heavy atom. The van der Waals surface area contributed by atoms with Gasteiger partial charge in [-0.2, -0.15) is 0 Å². The zero-order valence-electron chi connectivity index (χ0n) is 17.9. The maximum Gasteiger partial charge on any atom is 0.259 e. The van der Waals surface area contributed by atoms with Gasteiger partial charge in [-0.15, -0.1) is 0 Å². The number of carbonyl (C=O) groups excluding carboxylic acids is 2. The van der Waals surface area contributed by atoms with Crippen molar-refractivity contribution in [3.63, 3.8) is 0 Å². The van der Waals surface area contributed by atoms with Crippen LogP contribution in [0.5, 0.6) is 11.5 Å². The number of carbonyl (C=O) groups is 2. The predicted molar refractivity (Wildman–Crippen MR) is 118 cm³/mol. The Balaban J connectivity index is 2.00. The van der Waals surface area contributed by atoms with E-state index in [1.165, 1.54) is 4.90 Å². The van der Waals surface area contributed by atoms with Crippen LogP contribution >= 0.6 is 11.6 Å². The van der Waals surface area contributed by atoms with Crippen molar-refractivity contribution >= 4 is 23.4 Å². The fourth-order valence-corrected chi connectivity index (χ4v) is 3.24. The fourth-order valence-electron chi connectivity index (χ4n) is 2.96. The summed E-state index contributed by atoms with van der Waals surface area (Å²) in [7, 11) is 4.93. The van der Waals surface area contributed by atoms with Crippen LogP contribution in [0.4, 0.5) is 0 Å². The molecule has 0 heterocycles. The third kappa shape index (κ3) is 6.66. The van der Waals surface area contributed by atoms with Crippen molar-refractivity contribution in [3.8, 4) is 11.5 Å². The number of likely N-dealkylation sites (N-methyl/N-ethyl adjacent to an activating group) is 1. The van der Waals surface area contributed by atoms with Crippen molar-refractivity contribution in [1.82, 2.24) is 10.2 Å². The zero-order chi connectivity index (χ0) is 22.1. The smallest absolute Gasteiger partial charge is 0.259 e. The summed E-state index contributed by atoms with van der Waals surface area (Å²) in [5.41, 5.74) is 1.82. The van der Waals surface area contributed by atoms with Crippen LogP contribution in [0.3, 0.4) is 0 Å². The van der Waals surface area contributed by atoms with Gasteiger partial charge in [0.2, 0.25) is 5.91 Å². The van der Waals surface area contributed by atoms with Gasteiger partial charge in [0.1, 0.15) is 11.5 Å². The van der Waals surface area contributed by atoms with Crippen LogP contribution in [0.2, 0.25) is 5.02 Å². The number of ether oxygens (including phenoxy) is 2. The Kier molecular flexibility index (Phi) is 8.99. The molecule has 6 nitrogen and oxygen atoms in total. The molecule has 0 aromatic heterocycles. The third-order valence-electron chi connectivity index (χ3n) is 4.74. The van der Waals surface area contributed by atoms with Crippen molar-refractivity contribution in [2.24, 2.45) is 0 Å². The first kappa shape index (κ1) is 23.5. The zero-order valence-corrected chi connectivity index (χ0v) is 18.7. The molecule has 2 rings (SSSR count). The molecule has 0 saturated carbocycles. The van der Waals surface area contributed by atoms with Gasteiger partial charge in [-0.05, 0) is 36.6 Å². The minimum absolute atomic E-state index is 0.0490. The van der Waals surface area contributed by atoms with Crippen molar-refractivity contribution in [2.75, 3.05) is 27.8 Å². The van der Waals surface area contributed by atoms with E-state index in [1.807, 2.05) is 43.3 Å². The lowest BCUT2D eigenvalue weighted by Gasteiger charge is -2.21. The van der Waals surface area contributed by atoms with Crippen molar-refractivity contribution in [3.05, 3.63) is 58.6 Å². The molecule has 7 heteroatoms. The standard InChI is InChI=1S/C23H29ClN2O4/c1-5-19(17-8-6-7-9-20(17)30-15-23(28)26(2)3)25-22(27)13-11-16-10-12-21(29-4)18(24)14-16/h6-10,12,14,19H,5,11,13,15H2,1-4H3,(H,25,27). The maximum atomic E-state index is 12.6. The highest BCUT2D eigenvalue weighted by atomic mass is 35.5. The number of hydrogen-bond donors (Lipinski definition) is 1. The number of nitrogens with one attached hydrogen (secondary N) is 1. The highest BCUT2D eigenvalue weighted by Crippen LogP contribution is 2.28. The van der Waals surface area contributed by atoms with E-state index in [4.69, 9.17) is 21.1 Å². The number of halogens is 1. The molecule has 0 aliphatic rings. The SMILES string of the molecule is CCC(NC(=O)CCc1ccc(OC)c(Cl)c1)c1ccccc1OCC(=O)N(C)C. The summed E-state index contributed by atoms with van der Waals surface area (Å²) in [6.45, 7) is 1.95. The van der Waals surface area contributed by atoms with Crippen LogP contribution in [0, 0.1) is 0 Å². The van der Waals surface area contributed by atoms with Gasteiger partial charge in [-0.1, -0.05) is 42.8 Å². The molecule has 1 unspecified atom stereocenters. The topological polar surface area (TPSA) is 67.9 Å². The monoisotopic (exact) mass is 432 g/mol. The van der Waals surface area contributed by atoms with Crippen molar-refractivity contribution in [1.29, 1.82) is 0 Å². The lowest BCUT2D eigenvalue weighted by atomic mass is 10.0. The lowest BCUT2D eigenvalue weighted by Crippen LogP contribution is -2.30. The van der Waals surface area contributed by atoms with E-state index in [2.05, 4.69) is 5.32 Å². The van der Waals surface area contributed by atoms with Gasteiger partial charge in [-0.3, -0.25) is 9.59 Å². The molecular weight excluding hydrogens is 404 g/mol. The second-order valence-corrected chi connectivity index (χ2v) is 7.52. The average Bonchev–Trinajstić information content (AvgIpc) is 2.74. The minimum atomic E-state index is -0.206. The average molecular weight is 433 g/mol. The summed E-state index contributed by atoms with van der Waals surface area (Å²) >= 11 is 6.15. The number of aryl methyl sites for hydroxylation is 1. The number of hydrogen-bond acceptors (Lipinski definition) is 4. The van der Waals surface area contributed by atoms with Crippen LogP contribution < -0.4 is 14.8 Å². The summed E-state index contributed by atoms with van der Waals surface area (Å²) in [5, 5.41) is 3.60. The Labute approximate surface area is 183 Å². The normalized spacial score (nSPS) is 11.5. The van der Waals surface area contributed by atoms with Crippen LogP contribution in [0.15, 0.2) is 42.5 Å². The maximum absolute atomic E-state index is 12.6. The summed E-state index contributed by atoms with van der Waals surface area (Å²) in [4.78, 5) is 25.9. The Morgan fingerprint density at radius 2 is 1.87 bits per heavy atom. The summed E-state index contributed by atoms with van der Waals surface area (Å²) < 4.78 is 10.9. The molecular formula is C23H29ClN2O4. The van der Waals surface area contributed by atoms with Gasteiger partial charge >= 0.3 is 0 Å². The number of benzene rings is 2. The molecule has 0 fully saturated rings. The van der Waals surface area contributed by atoms with Gasteiger partial charge < -0.3 is 19.7 Å². The largest absolute Gasteiger partial charge is 0.495 e. The van der Waals surface area contributed by atoms with E-state index >= 15 is 0 Å². The molecule has 2 aromatic carbocycles. The van der Waals surface area contributed by atoms with Crippen LogP contribution in [0.1, 0.15) is 36.9 Å². The fraction of sp³-hybridized carbons (Fsp3) is 0.391. The number of para-hydroxylation sites is 1. The highest BCUT2D eigenvalue weighted by Gasteiger charge is 2.18. The molecule has 0 saturated heterocycles. The number of nitrogens with zero attached hydrogens (tertiary/aromatic N) is 1. The second-order valence-electron chi connectivity index (χ2n) is 7.11. The molecule has 0 aliphatic heterocycles. The van der Waals surface area contributed by atoms with Gasteiger partial charge in [-0.25, -0.2) is 0 Å². The summed E-state index contributed by atoms with van der Waals surface area (Å²) in [5.74, 6) is 1.02. The van der Waals surface area contributed by atoms with Gasteiger partial charge in [0.15, 0.2) is 6.61 Å². The first-order valence-corrected chi connectivity index (χ1v) is 10.3. The van der Waals surface area contributed by atoms with E-state index < -0.39 is 0 Å². The molecule has 1 atom stereocenters. The molecule has 0 bridgehead atoms. The Bertz CT molecular complexity index is 870. The van der Waals surface area contributed by atoms with Gasteiger partial charge in [0.25, 0.3) is 5.91 Å². The third-order valence-corrected chi connectivity index (χ3v) is 5.04. The second kappa shape index (κ2) is 11.5. The molecule has 2 aromatic rings. The van der Waals surface area contributed by atoms with E-state index in [0.717, 1.165) is 11.1 Å². The predicted octanol–water partition coefficient (Wildman–Crippen LogP) is 4.02. The molecule has 1 N–H and O–H groups in total. The Hall–Kier alpha value is -2.73. The van der Waals surface area contributed by atoms with Crippen molar-refractivity contribution < 1.29 is 19.1 Å². The van der Waals surface area contributed by atoms with Gasteiger partial charge in [0.05, 0.1) is 18.2 Å². The quantitative estimate of drug-likeness (QED) is 0.615. The van der Waals surface area contributed by atoms with Crippen LogP contribution in [-0.2, 0) is 16.0 Å². The molecule has 2 amide bonds. The lowest BCUT2D eigenvalue weighted by molar-refractivity contribution is -0.130. The van der Waals surface area contributed by atoms with E-state index in [9.17, 15) is 9.59 Å². The van der Waals surface area contributed by atoms with Crippen LogP contribution in [-0.4, -0.2) is 44.5 Å². The van der Waals surface area contributed by atoms with E-state index in [0.29, 0.717) is 35.8 Å². The molecule has 0 radical (unpaired) electrons. The Morgan fingerprint density at radius 1 is 1.13 bits per heavy atom. The number of amides is 2. The first-order valence-electron chi connectivity index (χ1n) is 9.89.